The molecule has 2 atom stereocenters. The number of pyridine rings is 1. The highest BCUT2D eigenvalue weighted by Crippen LogP contribution is 2.41. The Kier molecular flexibility index (Phi) is 2.96. The molecule has 17 heavy (non-hydrogen) atoms. The van der Waals surface area contributed by atoms with E-state index in [2.05, 4.69) is 25.4 Å². The Morgan fingerprint density at radius 2 is 2.24 bits per heavy atom. The normalized spacial score (nSPS) is 27.9. The molecule has 2 rings (SSSR count). The SMILES string of the molecule is C=C1C(CC)Cc2[nH]c(=O)ccc2C1(N)CC. The summed E-state index contributed by atoms with van der Waals surface area (Å²) in [4.78, 5) is 14.3. The Balaban J connectivity index is 2.62. The first-order valence-electron chi connectivity index (χ1n) is 6.23. The van der Waals surface area contributed by atoms with Gasteiger partial charge < -0.3 is 10.7 Å². The van der Waals surface area contributed by atoms with Crippen LogP contribution in [-0.2, 0) is 12.0 Å². The Bertz CT molecular complexity index is 503. The molecule has 0 saturated heterocycles. The van der Waals surface area contributed by atoms with Crippen molar-refractivity contribution in [3.8, 4) is 0 Å². The highest BCUT2D eigenvalue weighted by Gasteiger charge is 2.38. The summed E-state index contributed by atoms with van der Waals surface area (Å²) in [6.45, 7) is 8.40. The fourth-order valence-electron chi connectivity index (χ4n) is 2.81. The van der Waals surface area contributed by atoms with E-state index >= 15 is 0 Å². The molecular weight excluding hydrogens is 212 g/mol. The van der Waals surface area contributed by atoms with Gasteiger partial charge >= 0.3 is 0 Å². The summed E-state index contributed by atoms with van der Waals surface area (Å²) in [5.74, 6) is 0.366. The summed E-state index contributed by atoms with van der Waals surface area (Å²) in [5.41, 5.74) is 9.09. The van der Waals surface area contributed by atoms with Crippen LogP contribution in [0.5, 0.6) is 0 Å². The van der Waals surface area contributed by atoms with Gasteiger partial charge in [0.25, 0.3) is 0 Å². The quantitative estimate of drug-likeness (QED) is 0.767. The van der Waals surface area contributed by atoms with Gasteiger partial charge in [0, 0.05) is 11.8 Å². The average molecular weight is 232 g/mol. The highest BCUT2D eigenvalue weighted by molar-refractivity contribution is 5.42. The smallest absolute Gasteiger partial charge is 0.248 e. The first-order valence-corrected chi connectivity index (χ1v) is 6.23. The lowest BCUT2D eigenvalue weighted by molar-refractivity contribution is 0.387. The lowest BCUT2D eigenvalue weighted by atomic mass is 9.68. The Morgan fingerprint density at radius 3 is 2.82 bits per heavy atom. The number of hydrogen-bond donors (Lipinski definition) is 2. The maximum absolute atomic E-state index is 11.4. The van der Waals surface area contributed by atoms with Crippen molar-refractivity contribution in [3.05, 3.63) is 45.9 Å². The molecule has 1 heterocycles. The van der Waals surface area contributed by atoms with E-state index in [4.69, 9.17) is 5.73 Å². The van der Waals surface area contributed by atoms with Crippen LogP contribution in [0.3, 0.4) is 0 Å². The zero-order valence-corrected chi connectivity index (χ0v) is 10.5. The minimum absolute atomic E-state index is 0.0513. The van der Waals surface area contributed by atoms with Gasteiger partial charge in [-0.1, -0.05) is 20.4 Å². The topological polar surface area (TPSA) is 58.9 Å². The molecule has 0 bridgehead atoms. The second kappa shape index (κ2) is 4.15. The van der Waals surface area contributed by atoms with Crippen molar-refractivity contribution in [1.29, 1.82) is 0 Å². The summed E-state index contributed by atoms with van der Waals surface area (Å²) in [6, 6.07) is 3.41. The van der Waals surface area contributed by atoms with Crippen molar-refractivity contribution in [2.75, 3.05) is 0 Å². The number of hydrogen-bond acceptors (Lipinski definition) is 2. The summed E-state index contributed by atoms with van der Waals surface area (Å²) in [6.07, 6.45) is 2.66. The van der Waals surface area contributed by atoms with Gasteiger partial charge in [-0.2, -0.15) is 0 Å². The minimum Gasteiger partial charge on any atom is -0.326 e. The third-order valence-electron chi connectivity index (χ3n) is 4.05. The van der Waals surface area contributed by atoms with Crippen molar-refractivity contribution < 1.29 is 0 Å². The predicted octanol–water partition coefficient (Wildman–Crippen LogP) is 2.08. The van der Waals surface area contributed by atoms with Crippen molar-refractivity contribution in [1.82, 2.24) is 4.98 Å². The number of H-pyrrole nitrogens is 1. The zero-order chi connectivity index (χ0) is 12.6. The fraction of sp³-hybridized carbons (Fsp3) is 0.500. The first-order chi connectivity index (χ1) is 8.02. The predicted molar refractivity (Wildman–Crippen MR) is 69.8 cm³/mol. The Morgan fingerprint density at radius 1 is 1.53 bits per heavy atom. The molecule has 0 aromatic carbocycles. The number of fused-ring (bicyclic) bond motifs is 1. The van der Waals surface area contributed by atoms with Crippen LogP contribution in [0.25, 0.3) is 0 Å². The van der Waals surface area contributed by atoms with E-state index in [0.717, 1.165) is 36.1 Å². The molecule has 3 heteroatoms. The van der Waals surface area contributed by atoms with Gasteiger partial charge in [0.1, 0.15) is 0 Å². The first kappa shape index (κ1) is 12.1. The molecule has 0 saturated carbocycles. The summed E-state index contributed by atoms with van der Waals surface area (Å²) >= 11 is 0. The lowest BCUT2D eigenvalue weighted by Gasteiger charge is -2.41. The zero-order valence-electron chi connectivity index (χ0n) is 10.5. The third kappa shape index (κ3) is 1.75. The van der Waals surface area contributed by atoms with Gasteiger partial charge in [0.2, 0.25) is 5.56 Å². The van der Waals surface area contributed by atoms with Crippen molar-refractivity contribution in [2.45, 2.75) is 38.6 Å². The van der Waals surface area contributed by atoms with Gasteiger partial charge in [0.15, 0.2) is 0 Å². The van der Waals surface area contributed by atoms with Crippen LogP contribution in [0.4, 0.5) is 0 Å². The van der Waals surface area contributed by atoms with Crippen molar-refractivity contribution in [2.24, 2.45) is 11.7 Å². The number of nitrogens with one attached hydrogen (secondary N) is 1. The summed E-state index contributed by atoms with van der Waals surface area (Å²) < 4.78 is 0. The van der Waals surface area contributed by atoms with Gasteiger partial charge in [-0.15, -0.1) is 0 Å². The Hall–Kier alpha value is -1.35. The molecule has 1 aliphatic rings. The van der Waals surface area contributed by atoms with Gasteiger partial charge in [-0.25, -0.2) is 0 Å². The maximum atomic E-state index is 11.4. The lowest BCUT2D eigenvalue weighted by Crippen LogP contribution is -2.45. The van der Waals surface area contributed by atoms with Crippen molar-refractivity contribution in [3.63, 3.8) is 0 Å². The van der Waals surface area contributed by atoms with Crippen LogP contribution in [0, 0.1) is 5.92 Å². The second-order valence-corrected chi connectivity index (χ2v) is 4.87. The van der Waals surface area contributed by atoms with Gasteiger partial charge in [-0.05, 0) is 42.4 Å². The van der Waals surface area contributed by atoms with E-state index in [1.807, 2.05) is 6.07 Å². The Labute approximate surface area is 102 Å². The van der Waals surface area contributed by atoms with Crippen LogP contribution in [0.2, 0.25) is 0 Å². The van der Waals surface area contributed by atoms with Crippen LogP contribution < -0.4 is 11.3 Å². The van der Waals surface area contributed by atoms with Crippen LogP contribution in [0.15, 0.2) is 29.1 Å². The van der Waals surface area contributed by atoms with Gasteiger partial charge in [0.05, 0.1) is 5.54 Å². The van der Waals surface area contributed by atoms with Crippen molar-refractivity contribution >= 4 is 0 Å². The molecule has 3 N–H and O–H groups in total. The number of nitrogens with two attached hydrogens (primary N) is 1. The largest absolute Gasteiger partial charge is 0.326 e. The van der Waals surface area contributed by atoms with E-state index < -0.39 is 5.54 Å². The van der Waals surface area contributed by atoms with Crippen LogP contribution in [0.1, 0.15) is 37.9 Å². The van der Waals surface area contributed by atoms with E-state index in [-0.39, 0.29) is 5.56 Å². The molecule has 1 aromatic heterocycles. The number of rotatable bonds is 2. The fourth-order valence-corrected chi connectivity index (χ4v) is 2.81. The van der Waals surface area contributed by atoms with E-state index in [1.165, 1.54) is 0 Å². The van der Waals surface area contributed by atoms with E-state index in [1.54, 1.807) is 6.07 Å². The van der Waals surface area contributed by atoms with Crippen LogP contribution in [-0.4, -0.2) is 4.98 Å². The van der Waals surface area contributed by atoms with E-state index in [0.29, 0.717) is 5.92 Å². The molecule has 0 spiro atoms. The van der Waals surface area contributed by atoms with Crippen LogP contribution >= 0.6 is 0 Å². The maximum Gasteiger partial charge on any atom is 0.248 e. The highest BCUT2D eigenvalue weighted by atomic mass is 16.1. The monoisotopic (exact) mass is 232 g/mol. The summed E-state index contributed by atoms with van der Waals surface area (Å²) in [7, 11) is 0. The number of aromatic nitrogens is 1. The van der Waals surface area contributed by atoms with E-state index in [9.17, 15) is 4.79 Å². The molecule has 92 valence electrons. The molecule has 0 aliphatic heterocycles. The number of aromatic amines is 1. The molecule has 0 radical (unpaired) electrons. The molecule has 1 aliphatic carbocycles. The third-order valence-corrected chi connectivity index (χ3v) is 4.05. The standard InChI is InChI=1S/C14H20N2O/c1-4-10-8-12-11(6-7-13(17)16-12)14(15,5-2)9(10)3/h6-7,10H,3-5,8,15H2,1-2H3,(H,16,17). The summed E-state index contributed by atoms with van der Waals surface area (Å²) in [5, 5.41) is 0. The molecule has 1 aromatic rings. The molecule has 0 fully saturated rings. The average Bonchev–Trinajstić information content (AvgIpc) is 2.33. The molecular formula is C14H20N2O. The molecule has 0 amide bonds. The minimum atomic E-state index is -0.488. The second-order valence-electron chi connectivity index (χ2n) is 4.87. The molecule has 2 unspecified atom stereocenters. The van der Waals surface area contributed by atoms with Gasteiger partial charge in [-0.3, -0.25) is 4.79 Å². The molecule has 3 nitrogen and oxygen atoms in total.